The topological polar surface area (TPSA) is 60.5 Å². The van der Waals surface area contributed by atoms with E-state index in [0.717, 1.165) is 21.9 Å². The normalized spacial score (nSPS) is 12.2. The molecule has 1 aliphatic rings. The number of anilines is 1. The number of nitrogens with one attached hydrogen (secondary N) is 1. The number of thioether (sulfide) groups is 1. The maximum Gasteiger partial charge on any atom is 0.236 e. The Kier molecular flexibility index (Phi) is 5.01. The summed E-state index contributed by atoms with van der Waals surface area (Å²) in [5.74, 6) is 1.58. The van der Waals surface area contributed by atoms with Crippen LogP contribution in [0, 0.1) is 0 Å². The molecule has 0 unspecified atom stereocenters. The van der Waals surface area contributed by atoms with E-state index < -0.39 is 0 Å². The summed E-state index contributed by atoms with van der Waals surface area (Å²) < 4.78 is 10.7. The molecule has 0 spiro atoms. The fourth-order valence-electron chi connectivity index (χ4n) is 2.38. The van der Waals surface area contributed by atoms with Crippen molar-refractivity contribution in [3.8, 4) is 22.8 Å². The van der Waals surface area contributed by atoms with Gasteiger partial charge in [-0.05, 0) is 30.3 Å². The standard InChI is InChI=1S/C18H13ClN2O3S2/c19-12-3-1-2-4-16(12)25-9-17(22)21-18-20-13(8-26-18)11-5-6-14-15(7-11)24-10-23-14/h1-8H,9-10H2,(H,20,21,22). The van der Waals surface area contributed by atoms with Crippen molar-refractivity contribution in [1.82, 2.24) is 4.98 Å². The van der Waals surface area contributed by atoms with Crippen molar-refractivity contribution in [2.24, 2.45) is 0 Å². The number of halogens is 1. The second-order valence-electron chi connectivity index (χ2n) is 5.37. The molecule has 3 aromatic rings. The van der Waals surface area contributed by atoms with Gasteiger partial charge in [0.15, 0.2) is 16.6 Å². The van der Waals surface area contributed by atoms with Gasteiger partial charge >= 0.3 is 0 Å². The molecule has 1 amide bonds. The fourth-order valence-corrected chi connectivity index (χ4v) is 4.15. The van der Waals surface area contributed by atoms with E-state index in [1.54, 1.807) is 6.07 Å². The molecule has 1 aromatic heterocycles. The highest BCUT2D eigenvalue weighted by Crippen LogP contribution is 2.36. The Morgan fingerprint density at radius 3 is 2.96 bits per heavy atom. The average molecular weight is 405 g/mol. The van der Waals surface area contributed by atoms with Crippen LogP contribution in [0.3, 0.4) is 0 Å². The van der Waals surface area contributed by atoms with Crippen LogP contribution in [0.5, 0.6) is 11.5 Å². The van der Waals surface area contributed by atoms with Crippen LogP contribution in [0.1, 0.15) is 0 Å². The molecule has 0 saturated heterocycles. The van der Waals surface area contributed by atoms with Gasteiger partial charge < -0.3 is 14.8 Å². The van der Waals surface area contributed by atoms with Gasteiger partial charge in [0, 0.05) is 15.8 Å². The highest BCUT2D eigenvalue weighted by molar-refractivity contribution is 8.00. The third-order valence-corrected chi connectivity index (χ3v) is 5.89. The molecule has 0 fully saturated rings. The highest BCUT2D eigenvalue weighted by atomic mass is 35.5. The van der Waals surface area contributed by atoms with Gasteiger partial charge in [0.1, 0.15) is 0 Å². The van der Waals surface area contributed by atoms with Crippen molar-refractivity contribution in [3.05, 3.63) is 52.9 Å². The quantitative estimate of drug-likeness (QED) is 0.611. The second kappa shape index (κ2) is 7.57. The van der Waals surface area contributed by atoms with Crippen LogP contribution >= 0.6 is 34.7 Å². The first kappa shape index (κ1) is 17.2. The van der Waals surface area contributed by atoms with Crippen molar-refractivity contribution < 1.29 is 14.3 Å². The van der Waals surface area contributed by atoms with Crippen LogP contribution in [0.15, 0.2) is 52.7 Å². The number of carbonyl (C=O) groups is 1. The Morgan fingerprint density at radius 2 is 2.08 bits per heavy atom. The van der Waals surface area contributed by atoms with E-state index >= 15 is 0 Å². The molecule has 8 heteroatoms. The van der Waals surface area contributed by atoms with Crippen LogP contribution in [-0.2, 0) is 4.79 Å². The number of benzene rings is 2. The number of carbonyl (C=O) groups excluding carboxylic acids is 1. The summed E-state index contributed by atoms with van der Waals surface area (Å²) in [4.78, 5) is 17.5. The van der Waals surface area contributed by atoms with Crippen molar-refractivity contribution in [3.63, 3.8) is 0 Å². The summed E-state index contributed by atoms with van der Waals surface area (Å²) in [5.41, 5.74) is 1.69. The molecule has 5 nitrogen and oxygen atoms in total. The number of hydrogen-bond acceptors (Lipinski definition) is 6. The average Bonchev–Trinajstić information content (AvgIpc) is 3.29. The number of thiazole rings is 1. The molecule has 26 heavy (non-hydrogen) atoms. The number of fused-ring (bicyclic) bond motifs is 1. The van der Waals surface area contributed by atoms with Crippen molar-refractivity contribution in [1.29, 1.82) is 0 Å². The lowest BCUT2D eigenvalue weighted by Gasteiger charge is -2.04. The van der Waals surface area contributed by atoms with Crippen LogP contribution in [-0.4, -0.2) is 23.4 Å². The SMILES string of the molecule is O=C(CSc1ccccc1Cl)Nc1nc(-c2ccc3c(c2)OCO3)cs1. The number of aromatic nitrogens is 1. The summed E-state index contributed by atoms with van der Waals surface area (Å²) in [6.07, 6.45) is 0. The summed E-state index contributed by atoms with van der Waals surface area (Å²) in [7, 11) is 0. The molecule has 2 heterocycles. The van der Waals surface area contributed by atoms with Crippen LogP contribution in [0.2, 0.25) is 5.02 Å². The number of nitrogens with zero attached hydrogens (tertiary/aromatic N) is 1. The Morgan fingerprint density at radius 1 is 1.23 bits per heavy atom. The van der Waals surface area contributed by atoms with E-state index in [9.17, 15) is 4.79 Å². The maximum atomic E-state index is 12.2. The van der Waals surface area contributed by atoms with Gasteiger partial charge in [0.2, 0.25) is 12.7 Å². The first-order chi connectivity index (χ1) is 12.7. The molecular weight excluding hydrogens is 392 g/mol. The summed E-state index contributed by atoms with van der Waals surface area (Å²) in [6.45, 7) is 0.236. The Bertz CT molecular complexity index is 961. The zero-order chi connectivity index (χ0) is 17.9. The molecule has 0 bridgehead atoms. The van der Waals surface area contributed by atoms with Gasteiger partial charge in [0.05, 0.1) is 16.5 Å². The number of ether oxygens (including phenoxy) is 2. The van der Waals surface area contributed by atoms with E-state index in [2.05, 4.69) is 10.3 Å². The Labute approximate surface area is 163 Å². The predicted molar refractivity (Wildman–Crippen MR) is 104 cm³/mol. The van der Waals surface area contributed by atoms with Crippen molar-refractivity contribution >= 4 is 45.7 Å². The van der Waals surface area contributed by atoms with Crippen molar-refractivity contribution in [2.45, 2.75) is 4.90 Å². The molecule has 0 aliphatic carbocycles. The Balaban J connectivity index is 1.39. The first-order valence-electron chi connectivity index (χ1n) is 7.72. The summed E-state index contributed by atoms with van der Waals surface area (Å²) in [5, 5.41) is 5.92. The fraction of sp³-hybridized carbons (Fsp3) is 0.111. The number of amides is 1. The lowest BCUT2D eigenvalue weighted by molar-refractivity contribution is -0.113. The van der Waals surface area contributed by atoms with E-state index in [1.165, 1.54) is 23.1 Å². The molecule has 4 rings (SSSR count). The zero-order valence-electron chi connectivity index (χ0n) is 13.4. The number of rotatable bonds is 5. The maximum absolute atomic E-state index is 12.2. The van der Waals surface area contributed by atoms with E-state index in [4.69, 9.17) is 21.1 Å². The third-order valence-electron chi connectivity index (χ3n) is 3.61. The first-order valence-corrected chi connectivity index (χ1v) is 9.96. The van der Waals surface area contributed by atoms with Gasteiger partial charge in [-0.3, -0.25) is 4.79 Å². The van der Waals surface area contributed by atoms with Crippen molar-refractivity contribution in [2.75, 3.05) is 17.9 Å². The van der Waals surface area contributed by atoms with E-state index in [0.29, 0.717) is 15.9 Å². The molecule has 0 atom stereocenters. The lowest BCUT2D eigenvalue weighted by Crippen LogP contribution is -2.13. The highest BCUT2D eigenvalue weighted by Gasteiger charge is 2.15. The van der Waals surface area contributed by atoms with Gasteiger partial charge in [-0.2, -0.15) is 0 Å². The van der Waals surface area contributed by atoms with Gasteiger partial charge in [-0.15, -0.1) is 23.1 Å². The smallest absolute Gasteiger partial charge is 0.236 e. The minimum atomic E-state index is -0.124. The van der Waals surface area contributed by atoms with Crippen LogP contribution in [0.4, 0.5) is 5.13 Å². The van der Waals surface area contributed by atoms with E-state index in [-0.39, 0.29) is 18.5 Å². The zero-order valence-corrected chi connectivity index (χ0v) is 15.8. The summed E-state index contributed by atoms with van der Waals surface area (Å²) in [6, 6.07) is 13.1. The number of hydrogen-bond donors (Lipinski definition) is 1. The third kappa shape index (κ3) is 3.80. The largest absolute Gasteiger partial charge is 0.454 e. The monoisotopic (exact) mass is 404 g/mol. The van der Waals surface area contributed by atoms with Crippen LogP contribution < -0.4 is 14.8 Å². The molecule has 0 saturated carbocycles. The van der Waals surface area contributed by atoms with Crippen LogP contribution in [0.25, 0.3) is 11.3 Å². The molecule has 1 N–H and O–H groups in total. The predicted octanol–water partition coefficient (Wildman–Crippen LogP) is 4.92. The minimum Gasteiger partial charge on any atom is -0.454 e. The molecule has 1 aliphatic heterocycles. The van der Waals surface area contributed by atoms with E-state index in [1.807, 2.05) is 41.8 Å². The molecule has 0 radical (unpaired) electrons. The van der Waals surface area contributed by atoms with Gasteiger partial charge in [-0.1, -0.05) is 23.7 Å². The second-order valence-corrected chi connectivity index (χ2v) is 7.66. The summed E-state index contributed by atoms with van der Waals surface area (Å²) >= 11 is 8.87. The molecular formula is C18H13ClN2O3S2. The Hall–Kier alpha value is -2.22. The lowest BCUT2D eigenvalue weighted by atomic mass is 10.1. The minimum absolute atomic E-state index is 0.124. The van der Waals surface area contributed by atoms with Gasteiger partial charge in [0.25, 0.3) is 0 Å². The van der Waals surface area contributed by atoms with Gasteiger partial charge in [-0.25, -0.2) is 4.98 Å². The molecule has 2 aromatic carbocycles. The molecule has 132 valence electrons.